The lowest BCUT2D eigenvalue weighted by Crippen LogP contribution is -2.25. The molecule has 1 aromatic rings. The maximum Gasteiger partial charge on any atom is 0.239 e. The van der Waals surface area contributed by atoms with Gasteiger partial charge in [0, 0.05) is 12.2 Å². The zero-order valence-electron chi connectivity index (χ0n) is 9.98. The van der Waals surface area contributed by atoms with E-state index in [0.717, 1.165) is 0 Å². The van der Waals surface area contributed by atoms with Crippen LogP contribution in [-0.4, -0.2) is 39.4 Å². The van der Waals surface area contributed by atoms with Crippen molar-refractivity contribution in [1.29, 1.82) is 0 Å². The van der Waals surface area contributed by atoms with Crippen molar-refractivity contribution in [2.45, 2.75) is 11.7 Å². The van der Waals surface area contributed by atoms with E-state index in [1.165, 1.54) is 18.0 Å². The number of rotatable bonds is 4. The van der Waals surface area contributed by atoms with Gasteiger partial charge in [0.1, 0.15) is 5.75 Å². The van der Waals surface area contributed by atoms with Crippen LogP contribution in [0.1, 0.15) is 12.0 Å². The third-order valence-corrected chi connectivity index (χ3v) is 3.59. The fourth-order valence-electron chi connectivity index (χ4n) is 1.50. The van der Waals surface area contributed by atoms with Crippen LogP contribution in [0.4, 0.5) is 0 Å². The second-order valence-corrected chi connectivity index (χ2v) is 5.01. The fraction of sp³-hybridized carbons (Fsp3) is 0.250. The number of phenolic OH excluding ortho intramolecular Hbond substituents is 1. The minimum absolute atomic E-state index is 0.0421. The summed E-state index contributed by atoms with van der Waals surface area (Å²) in [5.41, 5.74) is 0.549. The molecule has 0 spiro atoms. The molecule has 1 atom stereocenters. The highest BCUT2D eigenvalue weighted by Crippen LogP contribution is 2.22. The number of phenols is 1. The predicted molar refractivity (Wildman–Crippen MR) is 74.4 cm³/mol. The minimum atomic E-state index is -0.316. The molecule has 1 fully saturated rings. The first-order valence-electron chi connectivity index (χ1n) is 5.68. The van der Waals surface area contributed by atoms with Gasteiger partial charge in [-0.05, 0) is 18.6 Å². The maximum absolute atomic E-state index is 11.4. The average molecular weight is 279 g/mol. The second-order valence-electron chi connectivity index (χ2n) is 3.82. The summed E-state index contributed by atoms with van der Waals surface area (Å²) >= 11 is 1.24. The van der Waals surface area contributed by atoms with E-state index in [4.69, 9.17) is 5.11 Å². The van der Waals surface area contributed by atoms with E-state index in [0.29, 0.717) is 17.2 Å². The maximum atomic E-state index is 11.4. The van der Waals surface area contributed by atoms with E-state index in [1.54, 1.807) is 24.3 Å². The van der Waals surface area contributed by atoms with Gasteiger partial charge >= 0.3 is 0 Å². The Bertz CT molecular complexity index is 531. The van der Waals surface area contributed by atoms with Crippen LogP contribution in [0, 0.1) is 0 Å². The molecule has 0 radical (unpaired) electrons. The molecule has 0 bridgehead atoms. The van der Waals surface area contributed by atoms with Gasteiger partial charge in [-0.3, -0.25) is 4.79 Å². The van der Waals surface area contributed by atoms with Crippen molar-refractivity contribution in [3.8, 4) is 5.75 Å². The Morgan fingerprint density at radius 2 is 2.21 bits per heavy atom. The topological polar surface area (TPSA) is 94.3 Å². The highest BCUT2D eigenvalue weighted by Gasteiger charge is 2.29. The molecule has 1 aliphatic heterocycles. The first-order valence-corrected chi connectivity index (χ1v) is 6.56. The Hall–Kier alpha value is -1.86. The first kappa shape index (κ1) is 13.6. The molecule has 7 heteroatoms. The van der Waals surface area contributed by atoms with Crippen LogP contribution < -0.4 is 5.32 Å². The number of nitrogens with zero attached hydrogens (tertiary/aromatic N) is 2. The lowest BCUT2D eigenvalue weighted by atomic mass is 10.2. The third-order valence-electron chi connectivity index (χ3n) is 2.45. The molecule has 2 rings (SSSR count). The monoisotopic (exact) mass is 279 g/mol. The zero-order valence-corrected chi connectivity index (χ0v) is 10.8. The van der Waals surface area contributed by atoms with E-state index in [9.17, 15) is 9.90 Å². The Morgan fingerprint density at radius 1 is 1.42 bits per heavy atom. The van der Waals surface area contributed by atoms with Crippen molar-refractivity contribution >= 4 is 29.1 Å². The molecule has 1 saturated heterocycles. The van der Waals surface area contributed by atoms with Crippen LogP contribution >= 0.6 is 11.8 Å². The summed E-state index contributed by atoms with van der Waals surface area (Å²) in [6.07, 6.45) is 1.80. The Balaban J connectivity index is 2.00. The van der Waals surface area contributed by atoms with Gasteiger partial charge in [-0.15, -0.1) is 5.10 Å². The number of para-hydroxylation sites is 1. The van der Waals surface area contributed by atoms with Crippen molar-refractivity contribution in [2.24, 2.45) is 10.2 Å². The summed E-state index contributed by atoms with van der Waals surface area (Å²) < 4.78 is 0. The standard InChI is InChI=1S/C12H13N3O3S/c16-6-5-10-11(18)14-12(19-10)15-13-7-8-3-1-2-4-9(8)17/h1-4,7,10,16-17H,5-6H2,(H,14,15,18)/b13-7+. The molecule has 6 nitrogen and oxygen atoms in total. The van der Waals surface area contributed by atoms with Crippen LogP contribution in [-0.2, 0) is 4.79 Å². The van der Waals surface area contributed by atoms with Gasteiger partial charge in [-0.2, -0.15) is 5.10 Å². The lowest BCUT2D eigenvalue weighted by molar-refractivity contribution is -0.119. The van der Waals surface area contributed by atoms with Crippen LogP contribution in [0.25, 0.3) is 0 Å². The summed E-state index contributed by atoms with van der Waals surface area (Å²) in [6.45, 7) is -0.0421. The fourth-order valence-corrected chi connectivity index (χ4v) is 2.41. The van der Waals surface area contributed by atoms with Crippen LogP contribution in [0.2, 0.25) is 0 Å². The SMILES string of the molecule is O=C1N/C(=N\N=C\c2ccccc2O)SC1CCO. The number of aliphatic hydroxyl groups excluding tert-OH is 1. The van der Waals surface area contributed by atoms with Gasteiger partial charge in [0.25, 0.3) is 0 Å². The van der Waals surface area contributed by atoms with Gasteiger partial charge in [-0.1, -0.05) is 23.9 Å². The van der Waals surface area contributed by atoms with Crippen molar-refractivity contribution in [3.63, 3.8) is 0 Å². The summed E-state index contributed by atoms with van der Waals surface area (Å²) in [5.74, 6) is -0.0525. The van der Waals surface area contributed by atoms with Crippen LogP contribution in [0.15, 0.2) is 34.5 Å². The van der Waals surface area contributed by atoms with Gasteiger partial charge < -0.3 is 15.5 Å². The molecular formula is C12H13N3O3S. The number of thioether (sulfide) groups is 1. The smallest absolute Gasteiger partial charge is 0.239 e. The van der Waals surface area contributed by atoms with Crippen molar-refractivity contribution < 1.29 is 15.0 Å². The summed E-state index contributed by atoms with van der Waals surface area (Å²) in [7, 11) is 0. The number of amides is 1. The minimum Gasteiger partial charge on any atom is -0.507 e. The van der Waals surface area contributed by atoms with Crippen LogP contribution in [0.5, 0.6) is 5.75 Å². The number of nitrogens with one attached hydrogen (secondary N) is 1. The summed E-state index contributed by atoms with van der Waals surface area (Å²) in [4.78, 5) is 11.4. The average Bonchev–Trinajstić information content (AvgIpc) is 2.73. The molecule has 1 heterocycles. The normalized spacial score (nSPS) is 21.2. The molecule has 1 amide bonds. The number of carbonyl (C=O) groups is 1. The Labute approximate surface area is 114 Å². The first-order chi connectivity index (χ1) is 9.20. The number of hydrogen-bond donors (Lipinski definition) is 3. The number of amidine groups is 1. The van der Waals surface area contributed by atoms with E-state index in [-0.39, 0.29) is 23.5 Å². The quantitative estimate of drug-likeness (QED) is 0.558. The number of aliphatic hydroxyl groups is 1. The van der Waals surface area contributed by atoms with E-state index >= 15 is 0 Å². The largest absolute Gasteiger partial charge is 0.507 e. The van der Waals surface area contributed by atoms with Gasteiger partial charge in [0.05, 0.1) is 11.5 Å². The van der Waals surface area contributed by atoms with E-state index in [2.05, 4.69) is 15.5 Å². The van der Waals surface area contributed by atoms with Crippen molar-refractivity contribution in [2.75, 3.05) is 6.61 Å². The Kier molecular flexibility index (Phi) is 4.53. The molecular weight excluding hydrogens is 266 g/mol. The molecule has 1 unspecified atom stereocenters. The zero-order chi connectivity index (χ0) is 13.7. The second kappa shape index (κ2) is 6.35. The number of hydrogen-bond acceptors (Lipinski definition) is 6. The van der Waals surface area contributed by atoms with Gasteiger partial charge in [-0.25, -0.2) is 0 Å². The van der Waals surface area contributed by atoms with E-state index < -0.39 is 0 Å². The number of carbonyl (C=O) groups excluding carboxylic acids is 1. The molecule has 0 saturated carbocycles. The molecule has 1 aromatic carbocycles. The number of benzene rings is 1. The molecule has 0 aliphatic carbocycles. The predicted octanol–water partition coefficient (Wildman–Crippen LogP) is 0.696. The molecule has 3 N–H and O–H groups in total. The van der Waals surface area contributed by atoms with Gasteiger partial charge in [0.15, 0.2) is 5.17 Å². The highest BCUT2D eigenvalue weighted by molar-refractivity contribution is 8.15. The number of aromatic hydroxyl groups is 1. The highest BCUT2D eigenvalue weighted by atomic mass is 32.2. The molecule has 100 valence electrons. The molecule has 0 aromatic heterocycles. The molecule has 1 aliphatic rings. The lowest BCUT2D eigenvalue weighted by Gasteiger charge is -1.99. The van der Waals surface area contributed by atoms with Crippen LogP contribution in [0.3, 0.4) is 0 Å². The van der Waals surface area contributed by atoms with Crippen molar-refractivity contribution in [3.05, 3.63) is 29.8 Å². The third kappa shape index (κ3) is 3.55. The summed E-state index contributed by atoms with van der Waals surface area (Å²) in [5, 5.41) is 28.7. The van der Waals surface area contributed by atoms with E-state index in [1.807, 2.05) is 0 Å². The molecule has 19 heavy (non-hydrogen) atoms. The van der Waals surface area contributed by atoms with Gasteiger partial charge in [0.2, 0.25) is 5.91 Å². The summed E-state index contributed by atoms with van der Waals surface area (Å²) in [6, 6.07) is 6.74. The van der Waals surface area contributed by atoms with Crippen molar-refractivity contribution in [1.82, 2.24) is 5.32 Å². The Morgan fingerprint density at radius 3 is 2.95 bits per heavy atom.